The van der Waals surface area contributed by atoms with Crippen LogP contribution in [0.1, 0.15) is 21.7 Å². The second-order valence-electron chi connectivity index (χ2n) is 4.32. The van der Waals surface area contributed by atoms with Gasteiger partial charge in [-0.25, -0.2) is 0 Å². The maximum Gasteiger partial charge on any atom is 0.263 e. The lowest BCUT2D eigenvalue weighted by Gasteiger charge is -2.09. The molecular formula is C12H19N5OS. The first kappa shape index (κ1) is 15.3. The molecule has 0 saturated carbocycles. The van der Waals surface area contributed by atoms with E-state index in [0.29, 0.717) is 15.4 Å². The molecule has 7 heteroatoms. The highest BCUT2D eigenvalue weighted by molar-refractivity contribution is 7.18. The molecule has 4 N–H and O–H groups in total. The summed E-state index contributed by atoms with van der Waals surface area (Å²) in [5, 5.41) is 15.5. The molecule has 0 aliphatic carbocycles. The van der Waals surface area contributed by atoms with Crippen molar-refractivity contribution < 1.29 is 4.79 Å². The Bertz CT molecular complexity index is 489. The number of carbonyl (C=O) groups is 1. The molecule has 0 unspecified atom stereocenters. The van der Waals surface area contributed by atoms with Crippen LogP contribution in [0, 0.1) is 11.3 Å². The Morgan fingerprint density at radius 3 is 2.74 bits per heavy atom. The zero-order valence-electron chi connectivity index (χ0n) is 11.4. The minimum absolute atomic E-state index is 0.252. The SMILES string of the molecule is CNC(=O)c1sc(NCCCN(C)C)c(C#N)c1N. The molecule has 104 valence electrons. The summed E-state index contributed by atoms with van der Waals surface area (Å²) in [6, 6.07) is 2.05. The molecule has 1 heterocycles. The van der Waals surface area contributed by atoms with Crippen molar-refractivity contribution in [3.63, 3.8) is 0 Å². The summed E-state index contributed by atoms with van der Waals surface area (Å²) in [5.41, 5.74) is 6.43. The van der Waals surface area contributed by atoms with Gasteiger partial charge in [0.15, 0.2) is 0 Å². The number of nitrogen functional groups attached to an aromatic ring is 1. The standard InChI is InChI=1S/C12H19N5OS/c1-15-11(18)10-9(14)8(7-13)12(19-10)16-5-4-6-17(2)3/h16H,4-6,14H2,1-3H3,(H,15,18). The minimum atomic E-state index is -0.264. The lowest BCUT2D eigenvalue weighted by molar-refractivity contribution is 0.0968. The molecule has 0 aliphatic rings. The van der Waals surface area contributed by atoms with Crippen LogP contribution in [0.25, 0.3) is 0 Å². The molecule has 0 radical (unpaired) electrons. The first-order chi connectivity index (χ1) is 9.01. The quantitative estimate of drug-likeness (QED) is 0.674. The van der Waals surface area contributed by atoms with Crippen molar-refractivity contribution in [2.45, 2.75) is 6.42 Å². The number of nitriles is 1. The van der Waals surface area contributed by atoms with Crippen molar-refractivity contribution in [2.24, 2.45) is 0 Å². The maximum absolute atomic E-state index is 11.6. The normalized spacial score (nSPS) is 10.3. The van der Waals surface area contributed by atoms with Crippen LogP contribution in [0.5, 0.6) is 0 Å². The Labute approximate surface area is 117 Å². The average molecular weight is 281 g/mol. The molecule has 1 rings (SSSR count). The van der Waals surface area contributed by atoms with E-state index in [1.54, 1.807) is 0 Å². The molecule has 0 atom stereocenters. The Hall–Kier alpha value is -1.78. The van der Waals surface area contributed by atoms with E-state index in [1.807, 2.05) is 20.2 Å². The Morgan fingerprint density at radius 2 is 2.21 bits per heavy atom. The van der Waals surface area contributed by atoms with Crippen LogP contribution in [-0.2, 0) is 0 Å². The molecule has 0 aromatic carbocycles. The van der Waals surface area contributed by atoms with Gasteiger partial charge in [0.05, 0.1) is 5.69 Å². The van der Waals surface area contributed by atoms with Gasteiger partial charge in [-0.2, -0.15) is 5.26 Å². The molecular weight excluding hydrogens is 262 g/mol. The van der Waals surface area contributed by atoms with Crippen LogP contribution in [0.3, 0.4) is 0 Å². The number of hydrogen-bond acceptors (Lipinski definition) is 6. The first-order valence-corrected chi connectivity index (χ1v) is 6.76. The van der Waals surface area contributed by atoms with Gasteiger partial charge in [0, 0.05) is 13.6 Å². The summed E-state index contributed by atoms with van der Waals surface area (Å²) in [6.45, 7) is 1.69. The Kier molecular flexibility index (Phi) is 5.60. The molecule has 6 nitrogen and oxygen atoms in total. The van der Waals surface area contributed by atoms with Gasteiger partial charge in [0.25, 0.3) is 5.91 Å². The second-order valence-corrected chi connectivity index (χ2v) is 5.34. The van der Waals surface area contributed by atoms with Gasteiger partial charge < -0.3 is 21.3 Å². The summed E-state index contributed by atoms with van der Waals surface area (Å²) < 4.78 is 0. The lowest BCUT2D eigenvalue weighted by Crippen LogP contribution is -2.17. The molecule has 1 aromatic heterocycles. The molecule has 19 heavy (non-hydrogen) atoms. The van der Waals surface area contributed by atoms with Crippen LogP contribution in [0.4, 0.5) is 10.7 Å². The van der Waals surface area contributed by atoms with E-state index >= 15 is 0 Å². The van der Waals surface area contributed by atoms with Crippen molar-refractivity contribution in [3.8, 4) is 6.07 Å². The minimum Gasteiger partial charge on any atom is -0.396 e. The third-order valence-electron chi connectivity index (χ3n) is 2.56. The number of nitrogens with zero attached hydrogens (tertiary/aromatic N) is 2. The Balaban J connectivity index is 2.78. The molecule has 0 fully saturated rings. The first-order valence-electron chi connectivity index (χ1n) is 5.94. The van der Waals surface area contributed by atoms with E-state index in [9.17, 15) is 4.79 Å². The number of carbonyl (C=O) groups excluding carboxylic acids is 1. The number of amides is 1. The summed E-state index contributed by atoms with van der Waals surface area (Å²) in [7, 11) is 5.55. The molecule has 1 aromatic rings. The van der Waals surface area contributed by atoms with Crippen molar-refractivity contribution in [1.82, 2.24) is 10.2 Å². The van der Waals surface area contributed by atoms with Crippen LogP contribution < -0.4 is 16.4 Å². The van der Waals surface area contributed by atoms with Crippen LogP contribution in [0.15, 0.2) is 0 Å². The lowest BCUT2D eigenvalue weighted by atomic mass is 10.2. The summed E-state index contributed by atoms with van der Waals surface area (Å²) in [4.78, 5) is 14.1. The fourth-order valence-corrected chi connectivity index (χ4v) is 2.60. The number of thiophene rings is 1. The summed E-state index contributed by atoms with van der Waals surface area (Å²) in [6.07, 6.45) is 0.949. The third kappa shape index (κ3) is 3.84. The van der Waals surface area contributed by atoms with E-state index in [4.69, 9.17) is 11.0 Å². The smallest absolute Gasteiger partial charge is 0.263 e. The molecule has 0 spiro atoms. The monoisotopic (exact) mass is 281 g/mol. The van der Waals surface area contributed by atoms with E-state index in [-0.39, 0.29) is 11.6 Å². The summed E-state index contributed by atoms with van der Waals surface area (Å²) >= 11 is 1.22. The number of anilines is 2. The molecule has 0 aliphatic heterocycles. The second kappa shape index (κ2) is 6.97. The number of hydrogen-bond donors (Lipinski definition) is 3. The van der Waals surface area contributed by atoms with Gasteiger partial charge in [0.1, 0.15) is 21.5 Å². The molecule has 0 bridgehead atoms. The third-order valence-corrected chi connectivity index (χ3v) is 3.72. The predicted molar refractivity (Wildman–Crippen MR) is 78.5 cm³/mol. The van der Waals surface area contributed by atoms with Gasteiger partial charge in [0.2, 0.25) is 0 Å². The molecule has 0 saturated heterocycles. The van der Waals surface area contributed by atoms with Crippen LogP contribution in [0.2, 0.25) is 0 Å². The summed E-state index contributed by atoms with van der Waals surface area (Å²) in [5.74, 6) is -0.264. The van der Waals surface area contributed by atoms with Crippen molar-refractivity contribution in [3.05, 3.63) is 10.4 Å². The fourth-order valence-electron chi connectivity index (χ4n) is 1.56. The van der Waals surface area contributed by atoms with E-state index < -0.39 is 0 Å². The average Bonchev–Trinajstić information content (AvgIpc) is 2.70. The van der Waals surface area contributed by atoms with Crippen molar-refractivity contribution in [1.29, 1.82) is 5.26 Å². The van der Waals surface area contributed by atoms with E-state index in [0.717, 1.165) is 19.5 Å². The van der Waals surface area contributed by atoms with E-state index in [1.165, 1.54) is 18.4 Å². The largest absolute Gasteiger partial charge is 0.396 e. The zero-order chi connectivity index (χ0) is 14.4. The predicted octanol–water partition coefficient (Wildman–Crippen LogP) is 0.925. The Morgan fingerprint density at radius 1 is 1.53 bits per heavy atom. The highest BCUT2D eigenvalue weighted by atomic mass is 32.1. The highest BCUT2D eigenvalue weighted by Crippen LogP contribution is 2.34. The van der Waals surface area contributed by atoms with Crippen LogP contribution >= 0.6 is 11.3 Å². The van der Waals surface area contributed by atoms with Gasteiger partial charge in [-0.3, -0.25) is 4.79 Å². The van der Waals surface area contributed by atoms with Crippen molar-refractivity contribution >= 4 is 27.9 Å². The number of nitrogens with one attached hydrogen (secondary N) is 2. The maximum atomic E-state index is 11.6. The fraction of sp³-hybridized carbons (Fsp3) is 0.500. The van der Waals surface area contributed by atoms with Gasteiger partial charge in [-0.1, -0.05) is 0 Å². The zero-order valence-corrected chi connectivity index (χ0v) is 12.2. The number of nitrogens with two attached hydrogens (primary N) is 1. The van der Waals surface area contributed by atoms with Gasteiger partial charge in [-0.05, 0) is 27.1 Å². The van der Waals surface area contributed by atoms with Gasteiger partial charge in [-0.15, -0.1) is 11.3 Å². The molecule has 1 amide bonds. The highest BCUT2D eigenvalue weighted by Gasteiger charge is 2.19. The number of rotatable bonds is 6. The van der Waals surface area contributed by atoms with Crippen molar-refractivity contribution in [2.75, 3.05) is 45.3 Å². The topological polar surface area (TPSA) is 94.2 Å². The van der Waals surface area contributed by atoms with E-state index in [2.05, 4.69) is 15.5 Å². The van der Waals surface area contributed by atoms with Gasteiger partial charge >= 0.3 is 0 Å². The van der Waals surface area contributed by atoms with Crippen LogP contribution in [-0.4, -0.2) is 45.0 Å².